The van der Waals surface area contributed by atoms with Crippen LogP contribution in [0.15, 0.2) is 29.1 Å². The molecule has 142 valence electrons. The molecule has 2 heterocycles. The van der Waals surface area contributed by atoms with Gasteiger partial charge in [0.1, 0.15) is 0 Å². The van der Waals surface area contributed by atoms with E-state index in [4.69, 9.17) is 0 Å². The van der Waals surface area contributed by atoms with Crippen molar-refractivity contribution in [2.24, 2.45) is 5.92 Å². The van der Waals surface area contributed by atoms with Crippen molar-refractivity contribution < 1.29 is 13.5 Å². The lowest BCUT2D eigenvalue weighted by atomic mass is 10.1. The van der Waals surface area contributed by atoms with Crippen LogP contribution in [-0.2, 0) is 16.6 Å². The molecule has 1 aromatic carbocycles. The van der Waals surface area contributed by atoms with Gasteiger partial charge in [0.15, 0.2) is 0 Å². The topological polar surface area (TPSA) is 93.7 Å². The molecule has 1 aliphatic rings. The number of aryl methyl sites for hydroxylation is 1. The third-order valence-electron chi connectivity index (χ3n) is 4.94. The molecule has 0 unspecified atom stereocenters. The van der Waals surface area contributed by atoms with Crippen LogP contribution in [0.1, 0.15) is 11.1 Å². The Balaban J connectivity index is 1.76. The monoisotopic (exact) mass is 379 g/mol. The molecule has 7 nitrogen and oxygen atoms in total. The molecule has 2 atom stereocenters. The molecule has 1 fully saturated rings. The number of nitrogens with zero attached hydrogens (tertiary/aromatic N) is 2. The van der Waals surface area contributed by atoms with Crippen LogP contribution in [0.5, 0.6) is 0 Å². The van der Waals surface area contributed by atoms with Gasteiger partial charge in [0.25, 0.3) is 5.56 Å². The summed E-state index contributed by atoms with van der Waals surface area (Å²) in [5, 5.41) is 11.2. The first-order valence-electron chi connectivity index (χ1n) is 8.59. The largest absolute Gasteiger partial charge is 0.391 e. The van der Waals surface area contributed by atoms with Gasteiger partial charge in [0, 0.05) is 50.7 Å². The van der Waals surface area contributed by atoms with Gasteiger partial charge in [-0.1, -0.05) is 12.1 Å². The number of benzene rings is 1. The number of hydrogen-bond donors (Lipinski definition) is 2. The number of aliphatic hydroxyl groups is 1. The van der Waals surface area contributed by atoms with Gasteiger partial charge in [-0.3, -0.25) is 9.69 Å². The highest BCUT2D eigenvalue weighted by molar-refractivity contribution is 7.89. The Morgan fingerprint density at radius 2 is 2.00 bits per heavy atom. The normalized spacial score (nSPS) is 21.7. The fourth-order valence-corrected chi connectivity index (χ4v) is 4.54. The Morgan fingerprint density at radius 1 is 1.27 bits per heavy atom. The number of nitrogens with one attached hydrogen (secondary N) is 1. The predicted molar refractivity (Wildman–Crippen MR) is 102 cm³/mol. The number of likely N-dealkylation sites (tertiary alicyclic amines) is 1. The van der Waals surface area contributed by atoms with Crippen LogP contribution in [-0.4, -0.2) is 66.8 Å². The second-order valence-corrected chi connectivity index (χ2v) is 9.52. The van der Waals surface area contributed by atoms with Crippen molar-refractivity contribution in [2.75, 3.05) is 32.9 Å². The van der Waals surface area contributed by atoms with E-state index in [1.807, 2.05) is 36.1 Å². The van der Waals surface area contributed by atoms with Gasteiger partial charge in [-0.05, 0) is 30.0 Å². The Hall–Kier alpha value is -1.74. The molecule has 0 saturated carbocycles. The van der Waals surface area contributed by atoms with Crippen molar-refractivity contribution in [1.82, 2.24) is 14.2 Å². The van der Waals surface area contributed by atoms with Crippen molar-refractivity contribution >= 4 is 20.9 Å². The van der Waals surface area contributed by atoms with Crippen molar-refractivity contribution in [3.63, 3.8) is 0 Å². The summed E-state index contributed by atoms with van der Waals surface area (Å²) in [5.41, 5.74) is 2.34. The van der Waals surface area contributed by atoms with Gasteiger partial charge in [0.2, 0.25) is 10.0 Å². The summed E-state index contributed by atoms with van der Waals surface area (Å²) in [6.07, 6.45) is -0.716. The smallest absolute Gasteiger partial charge is 0.252 e. The van der Waals surface area contributed by atoms with Gasteiger partial charge in [-0.2, -0.15) is 0 Å². The zero-order valence-corrected chi connectivity index (χ0v) is 16.1. The predicted octanol–water partition coefficient (Wildman–Crippen LogP) is 0.521. The fourth-order valence-electron chi connectivity index (χ4n) is 3.37. The molecular formula is C18H25N3O4S. The second-order valence-electron chi connectivity index (χ2n) is 7.30. The third kappa shape index (κ3) is 3.98. The molecule has 0 radical (unpaired) electrons. The number of hydrogen-bond acceptors (Lipinski definition) is 5. The van der Waals surface area contributed by atoms with Crippen LogP contribution < -0.4 is 5.56 Å². The molecule has 3 rings (SSSR count). The highest BCUT2D eigenvalue weighted by atomic mass is 32.2. The van der Waals surface area contributed by atoms with Gasteiger partial charge >= 0.3 is 0 Å². The average molecular weight is 379 g/mol. The highest BCUT2D eigenvalue weighted by Crippen LogP contribution is 2.22. The maximum atomic E-state index is 12.4. The first-order valence-corrected chi connectivity index (χ1v) is 10.2. The summed E-state index contributed by atoms with van der Waals surface area (Å²) in [4.78, 5) is 17.2. The first kappa shape index (κ1) is 19.0. The van der Waals surface area contributed by atoms with Gasteiger partial charge in [-0.15, -0.1) is 0 Å². The number of aliphatic hydroxyl groups excluding tert-OH is 1. The fraction of sp³-hybridized carbons (Fsp3) is 0.500. The van der Waals surface area contributed by atoms with E-state index in [0.717, 1.165) is 16.5 Å². The molecule has 8 heteroatoms. The number of pyridine rings is 1. The number of sulfonamides is 1. The van der Waals surface area contributed by atoms with E-state index in [0.29, 0.717) is 25.2 Å². The number of fused-ring (bicyclic) bond motifs is 1. The molecule has 0 aliphatic carbocycles. The van der Waals surface area contributed by atoms with Crippen LogP contribution in [0.25, 0.3) is 10.9 Å². The minimum Gasteiger partial charge on any atom is -0.391 e. The second kappa shape index (κ2) is 7.11. The van der Waals surface area contributed by atoms with Crippen LogP contribution in [0.4, 0.5) is 0 Å². The molecule has 0 spiro atoms. The van der Waals surface area contributed by atoms with Crippen molar-refractivity contribution in [3.05, 3.63) is 45.7 Å². The maximum absolute atomic E-state index is 12.4. The van der Waals surface area contributed by atoms with Crippen molar-refractivity contribution in [1.29, 1.82) is 0 Å². The standard InChI is InChI=1S/C18H25N3O4S/c1-12-4-5-13-7-14(18(23)19-16(13)6-12)8-21-9-15(17(22)10-21)11-26(24,25)20(2)3/h4-7,15,17,22H,8-11H2,1-3H3,(H,19,23)/t15-,17+/m0/s1. The quantitative estimate of drug-likeness (QED) is 0.790. The Kier molecular flexibility index (Phi) is 5.21. The first-order chi connectivity index (χ1) is 12.2. The van der Waals surface area contributed by atoms with Crippen LogP contribution in [0.3, 0.4) is 0 Å². The molecule has 1 saturated heterocycles. The molecule has 0 bridgehead atoms. The van der Waals surface area contributed by atoms with Crippen molar-refractivity contribution in [2.45, 2.75) is 19.6 Å². The number of aromatic amines is 1. The molecule has 0 amide bonds. The average Bonchev–Trinajstić information content (AvgIpc) is 2.87. The minimum atomic E-state index is -3.37. The zero-order chi connectivity index (χ0) is 19.1. The van der Waals surface area contributed by atoms with Crippen LogP contribution in [0, 0.1) is 12.8 Å². The summed E-state index contributed by atoms with van der Waals surface area (Å²) in [5.74, 6) is -0.449. The zero-order valence-electron chi connectivity index (χ0n) is 15.3. The highest BCUT2D eigenvalue weighted by Gasteiger charge is 2.35. The summed E-state index contributed by atoms with van der Waals surface area (Å²) in [6.45, 7) is 3.16. The maximum Gasteiger partial charge on any atom is 0.252 e. The van der Waals surface area contributed by atoms with E-state index in [1.165, 1.54) is 18.4 Å². The third-order valence-corrected chi connectivity index (χ3v) is 6.90. The van der Waals surface area contributed by atoms with Crippen molar-refractivity contribution in [3.8, 4) is 0 Å². The lowest BCUT2D eigenvalue weighted by Gasteiger charge is -2.18. The minimum absolute atomic E-state index is 0.0922. The summed E-state index contributed by atoms with van der Waals surface area (Å²) in [6, 6.07) is 7.76. The molecule has 26 heavy (non-hydrogen) atoms. The van der Waals surface area contributed by atoms with E-state index in [-0.39, 0.29) is 17.2 Å². The Morgan fingerprint density at radius 3 is 2.69 bits per heavy atom. The summed E-state index contributed by atoms with van der Waals surface area (Å²) >= 11 is 0. The van der Waals surface area contributed by atoms with Gasteiger partial charge in [-0.25, -0.2) is 12.7 Å². The lowest BCUT2D eigenvalue weighted by molar-refractivity contribution is 0.148. The van der Waals surface area contributed by atoms with E-state index in [9.17, 15) is 18.3 Å². The molecular weight excluding hydrogens is 354 g/mol. The van der Waals surface area contributed by atoms with E-state index < -0.39 is 16.1 Å². The summed E-state index contributed by atoms with van der Waals surface area (Å²) < 4.78 is 25.3. The lowest BCUT2D eigenvalue weighted by Crippen LogP contribution is -2.33. The van der Waals surface area contributed by atoms with E-state index in [1.54, 1.807) is 0 Å². The van der Waals surface area contributed by atoms with Crippen LogP contribution >= 0.6 is 0 Å². The molecule has 2 aromatic rings. The van der Waals surface area contributed by atoms with E-state index in [2.05, 4.69) is 4.98 Å². The number of H-pyrrole nitrogens is 1. The van der Waals surface area contributed by atoms with Gasteiger partial charge in [0.05, 0.1) is 11.9 Å². The number of β-amino-alcohol motifs (C(OH)–C–C–N with tert-alkyl or cyclic N) is 1. The number of aromatic nitrogens is 1. The Labute approximate surface area is 153 Å². The Bertz CT molecular complexity index is 968. The van der Waals surface area contributed by atoms with E-state index >= 15 is 0 Å². The SMILES string of the molecule is Cc1ccc2cc(CN3C[C@@H](CS(=O)(=O)N(C)C)[C@H](O)C3)c(=O)[nH]c2c1. The molecule has 1 aliphatic heterocycles. The van der Waals surface area contributed by atoms with Crippen LogP contribution in [0.2, 0.25) is 0 Å². The summed E-state index contributed by atoms with van der Waals surface area (Å²) in [7, 11) is -0.391. The van der Waals surface area contributed by atoms with Gasteiger partial charge < -0.3 is 10.1 Å². The molecule has 2 N–H and O–H groups in total. The number of rotatable bonds is 5. The molecule has 1 aromatic heterocycles.